The Bertz CT molecular complexity index is 303. The van der Waals surface area contributed by atoms with Crippen LogP contribution in [0.25, 0.3) is 0 Å². The molecule has 5 heteroatoms. The molecule has 0 bridgehead atoms. The molecule has 4 nitrogen and oxygen atoms in total. The van der Waals surface area contributed by atoms with E-state index in [0.29, 0.717) is 6.61 Å². The molecule has 92 valence electrons. The monoisotopic (exact) mass is 245 g/mol. The van der Waals surface area contributed by atoms with Crippen molar-refractivity contribution < 1.29 is 4.74 Å². The van der Waals surface area contributed by atoms with Gasteiger partial charge in [0, 0.05) is 33.4 Å². The van der Waals surface area contributed by atoms with Crippen LogP contribution in [-0.2, 0) is 18.2 Å². The molecule has 1 aromatic rings. The fraction of sp³-hybridized carbons (Fsp3) is 0.727. The Morgan fingerprint density at radius 3 is 2.94 bits per heavy atom. The summed E-state index contributed by atoms with van der Waals surface area (Å²) in [5.41, 5.74) is 1.26. The lowest BCUT2D eigenvalue weighted by molar-refractivity contribution is 0.183. The van der Waals surface area contributed by atoms with Crippen LogP contribution < -0.4 is 0 Å². The van der Waals surface area contributed by atoms with Gasteiger partial charge in [0.2, 0.25) is 0 Å². The quantitative estimate of drug-likeness (QED) is 0.675. The lowest BCUT2D eigenvalue weighted by Gasteiger charge is -2.19. The summed E-state index contributed by atoms with van der Waals surface area (Å²) in [6, 6.07) is 0. The average Bonchev–Trinajstić information content (AvgIpc) is 2.61. The first kappa shape index (κ1) is 13.5. The highest BCUT2D eigenvalue weighted by Gasteiger charge is 2.08. The first-order valence-corrected chi connectivity index (χ1v) is 5.84. The maximum atomic E-state index is 6.08. The minimum Gasteiger partial charge on any atom is -0.383 e. The minimum absolute atomic E-state index is 0.0592. The summed E-state index contributed by atoms with van der Waals surface area (Å²) < 4.78 is 6.82. The van der Waals surface area contributed by atoms with Crippen LogP contribution in [0.3, 0.4) is 0 Å². The second-order valence-electron chi connectivity index (χ2n) is 4.09. The number of nitrogens with zero attached hydrogens (tertiary/aromatic N) is 3. The number of hydrogen-bond acceptors (Lipinski definition) is 3. The van der Waals surface area contributed by atoms with Gasteiger partial charge in [0.05, 0.1) is 18.2 Å². The lowest BCUT2D eigenvalue weighted by atomic mass is 10.2. The Hall–Kier alpha value is -0.580. The Balaban J connectivity index is 2.22. The summed E-state index contributed by atoms with van der Waals surface area (Å²) in [7, 11) is 5.67. The molecular formula is C11H20ClN3O. The first-order valence-electron chi connectivity index (χ1n) is 5.41. The van der Waals surface area contributed by atoms with E-state index in [0.717, 1.165) is 19.5 Å². The molecule has 0 saturated heterocycles. The van der Waals surface area contributed by atoms with Crippen molar-refractivity contribution in [2.24, 2.45) is 7.05 Å². The molecule has 0 fully saturated rings. The van der Waals surface area contributed by atoms with E-state index in [1.54, 1.807) is 7.11 Å². The molecule has 0 aliphatic rings. The molecule has 0 amide bonds. The van der Waals surface area contributed by atoms with Gasteiger partial charge in [-0.2, -0.15) is 5.10 Å². The number of likely N-dealkylation sites (N-methyl/N-ethyl adjacent to an activating group) is 1. The van der Waals surface area contributed by atoms with Crippen molar-refractivity contribution in [3.05, 3.63) is 18.0 Å². The van der Waals surface area contributed by atoms with Gasteiger partial charge in [-0.3, -0.25) is 4.68 Å². The maximum absolute atomic E-state index is 6.08. The SMILES string of the molecule is COCC(Cl)CN(C)CCc1cnn(C)c1. The van der Waals surface area contributed by atoms with Crippen LogP contribution in [0.2, 0.25) is 0 Å². The van der Waals surface area contributed by atoms with Crippen molar-refractivity contribution >= 4 is 11.6 Å². The van der Waals surface area contributed by atoms with Crippen molar-refractivity contribution in [2.45, 2.75) is 11.8 Å². The smallest absolute Gasteiger partial charge is 0.0696 e. The molecule has 1 rings (SSSR count). The summed E-state index contributed by atoms with van der Waals surface area (Å²) in [6.07, 6.45) is 4.95. The van der Waals surface area contributed by atoms with Gasteiger partial charge in [-0.15, -0.1) is 11.6 Å². The molecule has 0 spiro atoms. The zero-order valence-corrected chi connectivity index (χ0v) is 10.9. The van der Waals surface area contributed by atoms with Gasteiger partial charge in [0.25, 0.3) is 0 Å². The first-order chi connectivity index (χ1) is 7.61. The summed E-state index contributed by atoms with van der Waals surface area (Å²) in [6.45, 7) is 2.42. The van der Waals surface area contributed by atoms with Crippen LogP contribution in [0.15, 0.2) is 12.4 Å². The van der Waals surface area contributed by atoms with Crippen LogP contribution in [0.5, 0.6) is 0 Å². The topological polar surface area (TPSA) is 30.3 Å². The highest BCUT2D eigenvalue weighted by Crippen LogP contribution is 2.02. The van der Waals surface area contributed by atoms with Gasteiger partial charge in [-0.25, -0.2) is 0 Å². The minimum atomic E-state index is 0.0592. The van der Waals surface area contributed by atoms with E-state index in [1.165, 1.54) is 5.56 Å². The van der Waals surface area contributed by atoms with Gasteiger partial charge in [-0.1, -0.05) is 0 Å². The summed E-state index contributed by atoms with van der Waals surface area (Å²) >= 11 is 6.08. The van der Waals surface area contributed by atoms with E-state index in [2.05, 4.69) is 17.0 Å². The third kappa shape index (κ3) is 4.96. The van der Waals surface area contributed by atoms with E-state index in [9.17, 15) is 0 Å². The van der Waals surface area contributed by atoms with Gasteiger partial charge in [0.15, 0.2) is 0 Å². The molecule has 16 heavy (non-hydrogen) atoms. The van der Waals surface area contributed by atoms with E-state index < -0.39 is 0 Å². The van der Waals surface area contributed by atoms with Crippen LogP contribution in [0.4, 0.5) is 0 Å². The highest BCUT2D eigenvalue weighted by atomic mass is 35.5. The van der Waals surface area contributed by atoms with Gasteiger partial charge in [-0.05, 0) is 19.0 Å². The van der Waals surface area contributed by atoms with Crippen molar-refractivity contribution in [1.29, 1.82) is 0 Å². The molecule has 0 aliphatic carbocycles. The second-order valence-corrected chi connectivity index (χ2v) is 4.70. The Morgan fingerprint density at radius 2 is 2.38 bits per heavy atom. The molecular weight excluding hydrogens is 226 g/mol. The van der Waals surface area contributed by atoms with Gasteiger partial charge < -0.3 is 9.64 Å². The normalized spacial score (nSPS) is 13.3. The van der Waals surface area contributed by atoms with Gasteiger partial charge >= 0.3 is 0 Å². The second kappa shape index (κ2) is 6.89. The molecule has 0 aliphatic heterocycles. The number of alkyl halides is 1. The summed E-state index contributed by atoms with van der Waals surface area (Å²) in [5.74, 6) is 0. The molecule has 1 heterocycles. The van der Waals surface area contributed by atoms with Crippen LogP contribution in [0, 0.1) is 0 Å². The van der Waals surface area contributed by atoms with Crippen molar-refractivity contribution in [1.82, 2.24) is 14.7 Å². The van der Waals surface area contributed by atoms with Crippen LogP contribution >= 0.6 is 11.6 Å². The molecule has 0 radical (unpaired) electrons. The molecule has 0 saturated carbocycles. The number of ether oxygens (including phenoxy) is 1. The number of aryl methyl sites for hydroxylation is 1. The predicted molar refractivity (Wildman–Crippen MR) is 65.9 cm³/mol. The molecule has 0 aromatic carbocycles. The predicted octanol–water partition coefficient (Wildman–Crippen LogP) is 1.15. The Morgan fingerprint density at radius 1 is 1.62 bits per heavy atom. The number of rotatable bonds is 7. The lowest BCUT2D eigenvalue weighted by Crippen LogP contribution is -2.30. The fourth-order valence-electron chi connectivity index (χ4n) is 1.58. The molecule has 1 unspecified atom stereocenters. The number of aromatic nitrogens is 2. The highest BCUT2D eigenvalue weighted by molar-refractivity contribution is 6.20. The van der Waals surface area contributed by atoms with Crippen molar-refractivity contribution in [2.75, 3.05) is 33.9 Å². The third-order valence-corrected chi connectivity index (χ3v) is 2.66. The zero-order chi connectivity index (χ0) is 12.0. The molecule has 1 aromatic heterocycles. The van der Waals surface area contributed by atoms with E-state index in [-0.39, 0.29) is 5.38 Å². The van der Waals surface area contributed by atoms with Gasteiger partial charge in [0.1, 0.15) is 0 Å². The number of halogens is 1. The molecule has 0 N–H and O–H groups in total. The van der Waals surface area contributed by atoms with Crippen LogP contribution in [-0.4, -0.2) is 53.9 Å². The number of methoxy groups -OCH3 is 1. The van der Waals surface area contributed by atoms with E-state index in [1.807, 2.05) is 24.1 Å². The summed E-state index contributed by atoms with van der Waals surface area (Å²) in [5, 5.41) is 4.20. The zero-order valence-electron chi connectivity index (χ0n) is 10.2. The third-order valence-electron chi connectivity index (χ3n) is 2.40. The van der Waals surface area contributed by atoms with E-state index in [4.69, 9.17) is 16.3 Å². The number of hydrogen-bond donors (Lipinski definition) is 0. The average molecular weight is 246 g/mol. The summed E-state index contributed by atoms with van der Waals surface area (Å²) in [4.78, 5) is 2.21. The van der Waals surface area contributed by atoms with Crippen LogP contribution in [0.1, 0.15) is 5.56 Å². The molecule has 1 atom stereocenters. The van der Waals surface area contributed by atoms with E-state index >= 15 is 0 Å². The maximum Gasteiger partial charge on any atom is 0.0696 e. The Labute approximate surface area is 102 Å². The van der Waals surface area contributed by atoms with Crippen molar-refractivity contribution in [3.63, 3.8) is 0 Å². The fourth-order valence-corrected chi connectivity index (χ4v) is 1.95. The van der Waals surface area contributed by atoms with Crippen molar-refractivity contribution in [3.8, 4) is 0 Å². The Kier molecular flexibility index (Phi) is 5.80. The largest absolute Gasteiger partial charge is 0.383 e. The standard InChI is InChI=1S/C11H20ClN3O/c1-14(8-11(12)9-16-3)5-4-10-6-13-15(2)7-10/h6-7,11H,4-5,8-9H2,1-3H3.